The highest BCUT2D eigenvalue weighted by atomic mass is 16.4. The van der Waals surface area contributed by atoms with Crippen molar-refractivity contribution < 1.29 is 14.7 Å². The van der Waals surface area contributed by atoms with E-state index >= 15 is 0 Å². The maximum absolute atomic E-state index is 12.6. The van der Waals surface area contributed by atoms with E-state index in [9.17, 15) is 14.7 Å². The number of aromatic nitrogens is 5. The smallest absolute Gasteiger partial charge is 0.339 e. The molecule has 0 atom stereocenters. The zero-order valence-electron chi connectivity index (χ0n) is 14.9. The van der Waals surface area contributed by atoms with Crippen molar-refractivity contribution >= 4 is 23.3 Å². The number of amides is 1. The van der Waals surface area contributed by atoms with Gasteiger partial charge in [0.05, 0.1) is 11.9 Å². The molecule has 140 valence electrons. The topological polar surface area (TPSA) is 114 Å². The number of carboxylic acids is 1. The normalized spacial score (nSPS) is 10.9. The number of aromatic carboxylic acids is 1. The molecule has 9 heteroatoms. The molecule has 4 aromatic rings. The van der Waals surface area contributed by atoms with Gasteiger partial charge >= 0.3 is 5.97 Å². The van der Waals surface area contributed by atoms with Gasteiger partial charge in [-0.2, -0.15) is 5.10 Å². The van der Waals surface area contributed by atoms with Gasteiger partial charge < -0.3 is 10.4 Å². The Balaban J connectivity index is 1.65. The molecule has 1 aromatic carbocycles. The molecule has 0 spiro atoms. The van der Waals surface area contributed by atoms with Crippen molar-refractivity contribution in [3.05, 3.63) is 66.4 Å². The van der Waals surface area contributed by atoms with Gasteiger partial charge in [0.25, 0.3) is 5.91 Å². The molecule has 0 fully saturated rings. The van der Waals surface area contributed by atoms with Gasteiger partial charge in [-0.15, -0.1) is 0 Å². The lowest BCUT2D eigenvalue weighted by Gasteiger charge is -2.07. The van der Waals surface area contributed by atoms with E-state index in [0.717, 1.165) is 17.5 Å². The number of carbonyl (C=O) groups excluding carboxylic acids is 1. The first-order valence-electron chi connectivity index (χ1n) is 8.57. The number of carboxylic acid groups (broad SMARTS) is 1. The number of imidazole rings is 1. The summed E-state index contributed by atoms with van der Waals surface area (Å²) >= 11 is 0. The van der Waals surface area contributed by atoms with E-state index in [4.69, 9.17) is 0 Å². The van der Waals surface area contributed by atoms with Crippen LogP contribution >= 0.6 is 0 Å². The molecule has 0 radical (unpaired) electrons. The van der Waals surface area contributed by atoms with E-state index in [-0.39, 0.29) is 17.1 Å². The molecule has 3 aromatic heterocycles. The Bertz CT molecular complexity index is 1180. The Kier molecular flexibility index (Phi) is 4.32. The maximum Gasteiger partial charge on any atom is 0.339 e. The van der Waals surface area contributed by atoms with Crippen molar-refractivity contribution in [1.29, 1.82) is 0 Å². The van der Waals surface area contributed by atoms with E-state index in [0.29, 0.717) is 12.2 Å². The van der Waals surface area contributed by atoms with Crippen LogP contribution in [0.25, 0.3) is 16.9 Å². The maximum atomic E-state index is 12.6. The summed E-state index contributed by atoms with van der Waals surface area (Å²) in [7, 11) is 0. The molecular formula is C19H16N6O3. The van der Waals surface area contributed by atoms with Crippen LogP contribution in [0.5, 0.6) is 0 Å². The zero-order valence-corrected chi connectivity index (χ0v) is 14.9. The predicted octanol–water partition coefficient (Wildman–Crippen LogP) is 2.56. The van der Waals surface area contributed by atoms with Crippen LogP contribution in [0.1, 0.15) is 27.8 Å². The van der Waals surface area contributed by atoms with Crippen LogP contribution in [0.3, 0.4) is 0 Å². The van der Waals surface area contributed by atoms with E-state index in [1.165, 1.54) is 4.68 Å². The van der Waals surface area contributed by atoms with Gasteiger partial charge in [0.2, 0.25) is 0 Å². The molecular weight excluding hydrogens is 360 g/mol. The van der Waals surface area contributed by atoms with Gasteiger partial charge in [0, 0.05) is 24.4 Å². The Morgan fingerprint density at radius 1 is 1.21 bits per heavy atom. The van der Waals surface area contributed by atoms with Crippen LogP contribution in [0, 0.1) is 0 Å². The molecule has 0 saturated carbocycles. The molecule has 2 N–H and O–H groups in total. The van der Waals surface area contributed by atoms with E-state index in [2.05, 4.69) is 20.4 Å². The van der Waals surface area contributed by atoms with Crippen LogP contribution in [0.15, 0.2) is 55.1 Å². The molecule has 9 nitrogen and oxygen atoms in total. The minimum Gasteiger partial charge on any atom is -0.478 e. The molecule has 4 rings (SSSR count). The number of rotatable bonds is 5. The third kappa shape index (κ3) is 3.09. The second-order valence-electron chi connectivity index (χ2n) is 6.01. The summed E-state index contributed by atoms with van der Waals surface area (Å²) in [5.74, 6) is -1.54. The molecule has 0 bridgehead atoms. The number of hydrogen-bond donors (Lipinski definition) is 2. The van der Waals surface area contributed by atoms with Crippen LogP contribution in [-0.4, -0.2) is 41.1 Å². The highest BCUT2D eigenvalue weighted by Gasteiger charge is 2.23. The minimum atomic E-state index is -1.21. The van der Waals surface area contributed by atoms with Crippen molar-refractivity contribution in [2.45, 2.75) is 13.5 Å². The first-order valence-corrected chi connectivity index (χ1v) is 8.57. The van der Waals surface area contributed by atoms with E-state index < -0.39 is 11.9 Å². The molecule has 3 heterocycles. The van der Waals surface area contributed by atoms with Crippen molar-refractivity contribution in [3.63, 3.8) is 0 Å². The summed E-state index contributed by atoms with van der Waals surface area (Å²) in [6.45, 7) is 2.14. The Hall–Kier alpha value is -4.01. The largest absolute Gasteiger partial charge is 0.478 e. The van der Waals surface area contributed by atoms with E-state index in [1.807, 2.05) is 36.5 Å². The summed E-state index contributed by atoms with van der Waals surface area (Å²) < 4.78 is 3.08. The van der Waals surface area contributed by atoms with Crippen molar-refractivity contribution in [3.8, 4) is 11.3 Å². The van der Waals surface area contributed by atoms with Gasteiger partial charge in [0.15, 0.2) is 0 Å². The molecule has 1 amide bonds. The standard InChI is InChI=1S/C19H16N6O3/c1-2-25-17(13(9-21-25)19(27)28)18(26)23-15-8-16-22-14(10-24(16)11-20-15)12-6-4-3-5-7-12/h3-11H,2H2,1H3,(H,23,26)(H,27,28). The molecule has 0 aliphatic carbocycles. The molecule has 0 unspecified atom stereocenters. The number of hydrogen-bond acceptors (Lipinski definition) is 5. The van der Waals surface area contributed by atoms with Gasteiger partial charge in [-0.05, 0) is 6.92 Å². The predicted molar refractivity (Wildman–Crippen MR) is 101 cm³/mol. The SMILES string of the molecule is CCn1ncc(C(=O)O)c1C(=O)Nc1cc2nc(-c3ccccc3)cn2cn1. The summed E-state index contributed by atoms with van der Waals surface area (Å²) in [5.41, 5.74) is 2.17. The summed E-state index contributed by atoms with van der Waals surface area (Å²) in [5, 5.41) is 15.9. The third-order valence-electron chi connectivity index (χ3n) is 4.24. The van der Waals surface area contributed by atoms with Crippen molar-refractivity contribution in [2.24, 2.45) is 0 Å². The lowest BCUT2D eigenvalue weighted by atomic mass is 10.2. The van der Waals surface area contributed by atoms with Gasteiger partial charge in [0.1, 0.15) is 29.0 Å². The van der Waals surface area contributed by atoms with Gasteiger partial charge in [-0.1, -0.05) is 30.3 Å². The van der Waals surface area contributed by atoms with Crippen LogP contribution < -0.4 is 5.32 Å². The number of nitrogens with zero attached hydrogens (tertiary/aromatic N) is 5. The fourth-order valence-corrected chi connectivity index (χ4v) is 2.90. The first kappa shape index (κ1) is 17.4. The van der Waals surface area contributed by atoms with E-state index in [1.54, 1.807) is 23.7 Å². The monoisotopic (exact) mass is 376 g/mol. The van der Waals surface area contributed by atoms with Crippen molar-refractivity contribution in [1.82, 2.24) is 24.1 Å². The molecule has 28 heavy (non-hydrogen) atoms. The summed E-state index contributed by atoms with van der Waals surface area (Å²) in [6, 6.07) is 11.3. The lowest BCUT2D eigenvalue weighted by molar-refractivity contribution is 0.0692. The Labute approximate surface area is 159 Å². The lowest BCUT2D eigenvalue weighted by Crippen LogP contribution is -2.21. The number of anilines is 1. The minimum absolute atomic E-state index is 0.0232. The highest BCUT2D eigenvalue weighted by molar-refractivity contribution is 6.09. The Morgan fingerprint density at radius 3 is 2.71 bits per heavy atom. The summed E-state index contributed by atoms with van der Waals surface area (Å²) in [4.78, 5) is 32.8. The van der Waals surface area contributed by atoms with Gasteiger partial charge in [-0.25, -0.2) is 14.8 Å². The second-order valence-corrected chi connectivity index (χ2v) is 6.01. The fraction of sp³-hybridized carbons (Fsp3) is 0.105. The number of carbonyl (C=O) groups is 2. The van der Waals surface area contributed by atoms with Gasteiger partial charge in [-0.3, -0.25) is 13.9 Å². The van der Waals surface area contributed by atoms with Crippen molar-refractivity contribution in [2.75, 3.05) is 5.32 Å². The van der Waals surface area contributed by atoms with Crippen LogP contribution in [0.4, 0.5) is 5.82 Å². The van der Waals surface area contributed by atoms with Crippen LogP contribution in [0.2, 0.25) is 0 Å². The zero-order chi connectivity index (χ0) is 19.7. The first-order chi connectivity index (χ1) is 13.6. The third-order valence-corrected chi connectivity index (χ3v) is 4.24. The quantitative estimate of drug-likeness (QED) is 0.553. The second kappa shape index (κ2) is 6.95. The number of benzene rings is 1. The number of fused-ring (bicyclic) bond motifs is 1. The summed E-state index contributed by atoms with van der Waals surface area (Å²) in [6.07, 6.45) is 4.55. The molecule has 0 aliphatic rings. The molecule has 0 saturated heterocycles. The Morgan fingerprint density at radius 2 is 2.00 bits per heavy atom. The highest BCUT2D eigenvalue weighted by Crippen LogP contribution is 2.20. The molecule has 0 aliphatic heterocycles. The number of aryl methyl sites for hydroxylation is 1. The average molecular weight is 376 g/mol. The average Bonchev–Trinajstić information content (AvgIpc) is 3.32. The fourth-order valence-electron chi connectivity index (χ4n) is 2.90. The number of nitrogens with one attached hydrogen (secondary N) is 1. The van der Waals surface area contributed by atoms with Crippen LogP contribution in [-0.2, 0) is 6.54 Å².